The van der Waals surface area contributed by atoms with Gasteiger partial charge >= 0.3 is 0 Å². The van der Waals surface area contributed by atoms with Gasteiger partial charge in [-0.15, -0.1) is 0 Å². The molecule has 4 heteroatoms. The van der Waals surface area contributed by atoms with Crippen LogP contribution in [0.4, 0.5) is 0 Å². The lowest BCUT2D eigenvalue weighted by Gasteiger charge is -2.18. The first kappa shape index (κ1) is 8.14. The fourth-order valence-electron chi connectivity index (χ4n) is 0.537. The first-order valence-corrected chi connectivity index (χ1v) is 4.54. The van der Waals surface area contributed by atoms with Gasteiger partial charge in [-0.2, -0.15) is 0 Å². The van der Waals surface area contributed by atoms with Gasteiger partial charge < -0.3 is 9.47 Å². The van der Waals surface area contributed by atoms with Crippen LogP contribution in [0.15, 0.2) is 21.5 Å². The highest BCUT2D eigenvalue weighted by atomic mass is 79.9. The molecule has 1 rings (SSSR count). The topological polar surface area (TPSA) is 18.5 Å². The van der Waals surface area contributed by atoms with Crippen molar-refractivity contribution in [2.24, 2.45) is 0 Å². The highest BCUT2D eigenvalue weighted by Gasteiger charge is 2.09. The standard InChI is InChI=1S/C6H6Br2O2/c7-1-5-3-10-6(2-8)4-9-5/h1-2H,3-4H2/b5-1-,6-2+. The minimum Gasteiger partial charge on any atom is -0.486 e. The van der Waals surface area contributed by atoms with E-state index in [1.165, 1.54) is 0 Å². The van der Waals surface area contributed by atoms with E-state index in [4.69, 9.17) is 9.47 Å². The Hall–Kier alpha value is 0.0400. The van der Waals surface area contributed by atoms with E-state index < -0.39 is 0 Å². The van der Waals surface area contributed by atoms with E-state index in [9.17, 15) is 0 Å². The molecule has 0 atom stereocenters. The van der Waals surface area contributed by atoms with Crippen LogP contribution in [-0.4, -0.2) is 13.2 Å². The molecule has 1 fully saturated rings. The van der Waals surface area contributed by atoms with Gasteiger partial charge in [-0.25, -0.2) is 0 Å². The van der Waals surface area contributed by atoms with Crippen molar-refractivity contribution in [1.82, 2.24) is 0 Å². The molecule has 10 heavy (non-hydrogen) atoms. The van der Waals surface area contributed by atoms with Crippen LogP contribution in [0, 0.1) is 0 Å². The Morgan fingerprint density at radius 1 is 1.00 bits per heavy atom. The Bertz CT molecular complexity index is 143. The van der Waals surface area contributed by atoms with Crippen molar-refractivity contribution < 1.29 is 9.47 Å². The van der Waals surface area contributed by atoms with Crippen LogP contribution in [0.2, 0.25) is 0 Å². The van der Waals surface area contributed by atoms with Gasteiger partial charge in [0.1, 0.15) is 24.7 Å². The highest BCUT2D eigenvalue weighted by Crippen LogP contribution is 2.14. The number of hydrogen-bond acceptors (Lipinski definition) is 2. The van der Waals surface area contributed by atoms with E-state index in [2.05, 4.69) is 31.9 Å². The summed E-state index contributed by atoms with van der Waals surface area (Å²) in [7, 11) is 0. The Balaban J connectivity index is 2.46. The molecule has 1 saturated heterocycles. The monoisotopic (exact) mass is 268 g/mol. The van der Waals surface area contributed by atoms with E-state index >= 15 is 0 Å². The third-order valence-electron chi connectivity index (χ3n) is 1.04. The molecule has 56 valence electrons. The Morgan fingerprint density at radius 2 is 1.40 bits per heavy atom. The molecule has 0 aromatic carbocycles. The quantitative estimate of drug-likeness (QED) is 0.673. The van der Waals surface area contributed by atoms with Crippen LogP contribution < -0.4 is 0 Å². The third kappa shape index (κ3) is 2.02. The molecule has 1 heterocycles. The van der Waals surface area contributed by atoms with Crippen molar-refractivity contribution in [3.8, 4) is 0 Å². The van der Waals surface area contributed by atoms with Crippen LogP contribution in [0.5, 0.6) is 0 Å². The van der Waals surface area contributed by atoms with Gasteiger partial charge in [-0.3, -0.25) is 0 Å². The summed E-state index contributed by atoms with van der Waals surface area (Å²) in [6, 6.07) is 0. The number of ether oxygens (including phenoxy) is 2. The summed E-state index contributed by atoms with van der Waals surface area (Å²) in [5, 5.41) is 0. The SMILES string of the molecule is Br/C=C1/CO/C(=C/Br)CO1. The third-order valence-corrected chi connectivity index (χ3v) is 2.06. The molecule has 0 spiro atoms. The van der Waals surface area contributed by atoms with Gasteiger partial charge in [-0.1, -0.05) is 31.9 Å². The Morgan fingerprint density at radius 3 is 1.60 bits per heavy atom. The van der Waals surface area contributed by atoms with Crippen LogP contribution in [-0.2, 0) is 9.47 Å². The van der Waals surface area contributed by atoms with Gasteiger partial charge in [0.2, 0.25) is 0 Å². The van der Waals surface area contributed by atoms with Gasteiger partial charge in [0.15, 0.2) is 0 Å². The normalized spacial score (nSPS) is 26.2. The summed E-state index contributed by atoms with van der Waals surface area (Å²) < 4.78 is 10.4. The van der Waals surface area contributed by atoms with Crippen molar-refractivity contribution in [2.45, 2.75) is 0 Å². The van der Waals surface area contributed by atoms with E-state index in [1.807, 2.05) is 0 Å². The Kier molecular flexibility index (Phi) is 3.28. The van der Waals surface area contributed by atoms with Crippen LogP contribution in [0.25, 0.3) is 0 Å². The minimum atomic E-state index is 0.503. The van der Waals surface area contributed by atoms with Crippen molar-refractivity contribution >= 4 is 31.9 Å². The molecule has 0 radical (unpaired) electrons. The predicted octanol–water partition coefficient (Wildman–Crippen LogP) is 2.51. The second-order valence-electron chi connectivity index (χ2n) is 1.73. The summed E-state index contributed by atoms with van der Waals surface area (Å²) in [6.45, 7) is 1.01. The molecule has 0 unspecified atom stereocenters. The highest BCUT2D eigenvalue weighted by molar-refractivity contribution is 9.11. The van der Waals surface area contributed by atoms with E-state index in [1.54, 1.807) is 9.97 Å². The predicted molar refractivity (Wildman–Crippen MR) is 45.9 cm³/mol. The molecule has 1 aliphatic rings. The number of halogens is 2. The maximum absolute atomic E-state index is 5.22. The number of rotatable bonds is 0. The molecule has 0 bridgehead atoms. The molecule has 0 saturated carbocycles. The summed E-state index contributed by atoms with van der Waals surface area (Å²) >= 11 is 6.31. The summed E-state index contributed by atoms with van der Waals surface area (Å²) in [5.41, 5.74) is 0. The zero-order valence-corrected chi connectivity index (χ0v) is 8.31. The maximum Gasteiger partial charge on any atom is 0.145 e. The first-order valence-electron chi connectivity index (χ1n) is 2.71. The average Bonchev–Trinajstić information content (AvgIpc) is 2.05. The average molecular weight is 270 g/mol. The van der Waals surface area contributed by atoms with E-state index in [-0.39, 0.29) is 0 Å². The molecular formula is C6H6Br2O2. The van der Waals surface area contributed by atoms with Crippen molar-refractivity contribution in [1.29, 1.82) is 0 Å². The van der Waals surface area contributed by atoms with Gasteiger partial charge in [0, 0.05) is 9.97 Å². The molecule has 1 aliphatic heterocycles. The lowest BCUT2D eigenvalue weighted by molar-refractivity contribution is 0.0688. The smallest absolute Gasteiger partial charge is 0.145 e. The molecule has 0 amide bonds. The van der Waals surface area contributed by atoms with Crippen molar-refractivity contribution in [3.05, 3.63) is 21.5 Å². The van der Waals surface area contributed by atoms with Gasteiger partial charge in [0.25, 0.3) is 0 Å². The molecule has 0 N–H and O–H groups in total. The molecule has 2 nitrogen and oxygen atoms in total. The second kappa shape index (κ2) is 4.03. The van der Waals surface area contributed by atoms with E-state index in [0.717, 1.165) is 11.5 Å². The zero-order chi connectivity index (χ0) is 7.40. The fraction of sp³-hybridized carbons (Fsp3) is 0.333. The lowest BCUT2D eigenvalue weighted by atomic mass is 10.5. The van der Waals surface area contributed by atoms with Crippen molar-refractivity contribution in [3.63, 3.8) is 0 Å². The zero-order valence-electron chi connectivity index (χ0n) is 5.14. The van der Waals surface area contributed by atoms with Crippen molar-refractivity contribution in [2.75, 3.05) is 13.2 Å². The van der Waals surface area contributed by atoms with Gasteiger partial charge in [-0.05, 0) is 0 Å². The van der Waals surface area contributed by atoms with Crippen LogP contribution in [0.3, 0.4) is 0 Å². The van der Waals surface area contributed by atoms with Crippen LogP contribution >= 0.6 is 31.9 Å². The number of hydrogen-bond donors (Lipinski definition) is 0. The minimum absolute atomic E-state index is 0.503. The molecule has 0 aromatic rings. The molecule has 0 aliphatic carbocycles. The summed E-state index contributed by atoms with van der Waals surface area (Å²) in [5.74, 6) is 1.64. The molecule has 0 aromatic heterocycles. The second-order valence-corrected chi connectivity index (χ2v) is 2.64. The largest absolute Gasteiger partial charge is 0.486 e. The van der Waals surface area contributed by atoms with Gasteiger partial charge in [0.05, 0.1) is 0 Å². The van der Waals surface area contributed by atoms with Crippen LogP contribution in [0.1, 0.15) is 0 Å². The first-order chi connectivity index (χ1) is 4.86. The summed E-state index contributed by atoms with van der Waals surface area (Å²) in [4.78, 5) is 3.44. The lowest BCUT2D eigenvalue weighted by Crippen LogP contribution is -2.12. The molecular weight excluding hydrogens is 264 g/mol. The fourth-order valence-corrected chi connectivity index (χ4v) is 1.07. The van der Waals surface area contributed by atoms with E-state index in [0.29, 0.717) is 13.2 Å². The summed E-state index contributed by atoms with van der Waals surface area (Å²) in [6.07, 6.45) is 0. The maximum atomic E-state index is 5.22. The Labute approximate surface area is 76.1 Å².